The van der Waals surface area contributed by atoms with Crippen molar-refractivity contribution in [1.29, 1.82) is 0 Å². The number of imidazole rings is 1. The Morgan fingerprint density at radius 1 is 1.07 bits per heavy atom. The number of hydrogen-bond donors (Lipinski definition) is 2. The molecule has 0 aliphatic carbocycles. The molecule has 0 aliphatic rings. The first-order valence-corrected chi connectivity index (χ1v) is 8.55. The van der Waals surface area contributed by atoms with Crippen LogP contribution in [0, 0.1) is 0 Å². The Kier molecular flexibility index (Phi) is 4.40. The smallest absolute Gasteiger partial charge is 0.221 e. The second-order valence-electron chi connectivity index (χ2n) is 6.26. The minimum Gasteiger partial charge on any atom is -0.392 e. The summed E-state index contributed by atoms with van der Waals surface area (Å²) in [6.45, 7) is 1.50. The Balaban J connectivity index is 1.76. The number of anilines is 1. The van der Waals surface area contributed by atoms with Crippen LogP contribution in [0.15, 0.2) is 67.1 Å². The SMILES string of the molecule is CC(=O)Nc1cccc(-c2cn3c(-c4ccc(CO)cc4)cnc3cn2)c1. The lowest BCUT2D eigenvalue weighted by atomic mass is 10.1. The number of carbonyl (C=O) groups excluding carboxylic acids is 1. The summed E-state index contributed by atoms with van der Waals surface area (Å²) >= 11 is 0. The lowest BCUT2D eigenvalue weighted by molar-refractivity contribution is -0.114. The van der Waals surface area contributed by atoms with Gasteiger partial charge in [-0.2, -0.15) is 0 Å². The first kappa shape index (κ1) is 16.9. The number of rotatable bonds is 4. The number of nitrogens with one attached hydrogen (secondary N) is 1. The molecule has 0 atom stereocenters. The van der Waals surface area contributed by atoms with Gasteiger partial charge in [0.1, 0.15) is 0 Å². The molecular weight excluding hydrogens is 340 g/mol. The molecule has 2 aromatic carbocycles. The first-order valence-electron chi connectivity index (χ1n) is 8.55. The molecule has 0 spiro atoms. The first-order chi connectivity index (χ1) is 13.1. The van der Waals surface area contributed by atoms with Crippen molar-refractivity contribution >= 4 is 17.2 Å². The maximum Gasteiger partial charge on any atom is 0.221 e. The Morgan fingerprint density at radius 3 is 2.63 bits per heavy atom. The lowest BCUT2D eigenvalue weighted by Gasteiger charge is -2.08. The van der Waals surface area contributed by atoms with Gasteiger partial charge in [0.2, 0.25) is 5.91 Å². The molecule has 4 rings (SSSR count). The van der Waals surface area contributed by atoms with Crippen LogP contribution in [0.5, 0.6) is 0 Å². The molecule has 0 saturated carbocycles. The third kappa shape index (κ3) is 3.43. The normalized spacial score (nSPS) is 10.9. The van der Waals surface area contributed by atoms with Gasteiger partial charge in [-0.3, -0.25) is 14.2 Å². The highest BCUT2D eigenvalue weighted by Crippen LogP contribution is 2.25. The largest absolute Gasteiger partial charge is 0.392 e. The zero-order chi connectivity index (χ0) is 18.8. The summed E-state index contributed by atoms with van der Waals surface area (Å²) in [5.74, 6) is -0.112. The van der Waals surface area contributed by atoms with E-state index in [0.29, 0.717) is 0 Å². The Morgan fingerprint density at radius 2 is 1.89 bits per heavy atom. The average molecular weight is 358 g/mol. The summed E-state index contributed by atoms with van der Waals surface area (Å²) in [5, 5.41) is 12.0. The molecule has 2 heterocycles. The predicted octanol–water partition coefficient (Wildman–Crippen LogP) is 3.51. The maximum atomic E-state index is 11.3. The Bertz CT molecular complexity index is 1120. The predicted molar refractivity (Wildman–Crippen MR) is 104 cm³/mol. The summed E-state index contributed by atoms with van der Waals surface area (Å²) in [7, 11) is 0. The van der Waals surface area contributed by atoms with Crippen LogP contribution in [0.1, 0.15) is 12.5 Å². The Hall–Kier alpha value is -3.51. The summed E-state index contributed by atoms with van der Waals surface area (Å²) in [5.41, 5.74) is 5.97. The van der Waals surface area contributed by atoms with Crippen LogP contribution in [0.3, 0.4) is 0 Å². The van der Waals surface area contributed by atoms with Crippen molar-refractivity contribution in [1.82, 2.24) is 14.4 Å². The summed E-state index contributed by atoms with van der Waals surface area (Å²) in [6.07, 6.45) is 5.47. The van der Waals surface area contributed by atoms with Gasteiger partial charge < -0.3 is 10.4 Å². The van der Waals surface area contributed by atoms with E-state index < -0.39 is 0 Å². The van der Waals surface area contributed by atoms with Crippen LogP contribution in [0.2, 0.25) is 0 Å². The zero-order valence-corrected chi connectivity index (χ0v) is 14.8. The number of amides is 1. The topological polar surface area (TPSA) is 79.5 Å². The second-order valence-corrected chi connectivity index (χ2v) is 6.26. The van der Waals surface area contributed by atoms with Gasteiger partial charge in [0.05, 0.1) is 30.4 Å². The molecule has 0 saturated heterocycles. The molecule has 0 bridgehead atoms. The maximum absolute atomic E-state index is 11.3. The van der Waals surface area contributed by atoms with Gasteiger partial charge in [0.25, 0.3) is 0 Å². The van der Waals surface area contributed by atoms with Crippen molar-refractivity contribution in [2.45, 2.75) is 13.5 Å². The fourth-order valence-corrected chi connectivity index (χ4v) is 2.99. The molecule has 0 aliphatic heterocycles. The molecule has 0 fully saturated rings. The second kappa shape index (κ2) is 7.01. The number of fused-ring (bicyclic) bond motifs is 1. The summed E-state index contributed by atoms with van der Waals surface area (Å²) < 4.78 is 1.99. The van der Waals surface area contributed by atoms with Gasteiger partial charge in [-0.25, -0.2) is 4.98 Å². The number of aromatic nitrogens is 3. The standard InChI is InChI=1S/C21H18N4O2/c1-14(27)24-18-4-2-3-17(9-18)19-12-25-20(10-23-21(25)11-22-19)16-7-5-15(13-26)6-8-16/h2-12,26H,13H2,1H3,(H,24,27). The molecular formula is C21H18N4O2. The molecule has 1 amide bonds. The number of aliphatic hydroxyl groups excluding tert-OH is 1. The van der Waals surface area contributed by atoms with E-state index in [1.165, 1.54) is 6.92 Å². The molecule has 2 aromatic heterocycles. The molecule has 6 nitrogen and oxygen atoms in total. The molecule has 2 N–H and O–H groups in total. The van der Waals surface area contributed by atoms with E-state index in [0.717, 1.165) is 39.4 Å². The highest BCUT2D eigenvalue weighted by molar-refractivity contribution is 5.89. The zero-order valence-electron chi connectivity index (χ0n) is 14.8. The quantitative estimate of drug-likeness (QED) is 0.585. The van der Waals surface area contributed by atoms with Crippen molar-refractivity contribution in [2.24, 2.45) is 0 Å². The van der Waals surface area contributed by atoms with Crippen LogP contribution in [0.4, 0.5) is 5.69 Å². The molecule has 6 heteroatoms. The van der Waals surface area contributed by atoms with E-state index in [2.05, 4.69) is 15.3 Å². The monoisotopic (exact) mass is 358 g/mol. The third-order valence-corrected chi connectivity index (χ3v) is 4.31. The fraction of sp³-hybridized carbons (Fsp3) is 0.0952. The van der Waals surface area contributed by atoms with Crippen LogP contribution in [-0.4, -0.2) is 25.4 Å². The minimum absolute atomic E-state index is 0.0200. The number of nitrogens with zero attached hydrogens (tertiary/aromatic N) is 3. The van der Waals surface area contributed by atoms with Gasteiger partial charge in [-0.15, -0.1) is 0 Å². The third-order valence-electron chi connectivity index (χ3n) is 4.31. The van der Waals surface area contributed by atoms with Crippen LogP contribution in [0.25, 0.3) is 28.2 Å². The van der Waals surface area contributed by atoms with Crippen molar-refractivity contribution in [3.8, 4) is 22.5 Å². The van der Waals surface area contributed by atoms with E-state index in [4.69, 9.17) is 0 Å². The number of hydrogen-bond acceptors (Lipinski definition) is 4. The van der Waals surface area contributed by atoms with Gasteiger partial charge in [0, 0.05) is 29.9 Å². The van der Waals surface area contributed by atoms with Crippen molar-refractivity contribution in [3.63, 3.8) is 0 Å². The average Bonchev–Trinajstić information content (AvgIpc) is 3.11. The van der Waals surface area contributed by atoms with Crippen LogP contribution >= 0.6 is 0 Å². The number of benzene rings is 2. The Labute approximate surface area is 156 Å². The lowest BCUT2D eigenvalue weighted by Crippen LogP contribution is -2.05. The highest BCUT2D eigenvalue weighted by Gasteiger charge is 2.09. The van der Waals surface area contributed by atoms with E-state index in [1.54, 1.807) is 6.20 Å². The van der Waals surface area contributed by atoms with E-state index in [9.17, 15) is 9.90 Å². The van der Waals surface area contributed by atoms with Gasteiger partial charge in [-0.05, 0) is 17.7 Å². The van der Waals surface area contributed by atoms with Gasteiger partial charge >= 0.3 is 0 Å². The van der Waals surface area contributed by atoms with E-state index in [-0.39, 0.29) is 12.5 Å². The van der Waals surface area contributed by atoms with Crippen molar-refractivity contribution in [3.05, 3.63) is 72.7 Å². The van der Waals surface area contributed by atoms with Crippen LogP contribution in [-0.2, 0) is 11.4 Å². The van der Waals surface area contributed by atoms with E-state index in [1.807, 2.05) is 65.3 Å². The van der Waals surface area contributed by atoms with Crippen LogP contribution < -0.4 is 5.32 Å². The number of carbonyl (C=O) groups is 1. The van der Waals surface area contributed by atoms with E-state index >= 15 is 0 Å². The van der Waals surface area contributed by atoms with Crippen molar-refractivity contribution < 1.29 is 9.90 Å². The highest BCUT2D eigenvalue weighted by atomic mass is 16.3. The summed E-state index contributed by atoms with van der Waals surface area (Å²) in [6, 6.07) is 15.3. The molecule has 0 unspecified atom stereocenters. The molecule has 134 valence electrons. The van der Waals surface area contributed by atoms with Gasteiger partial charge in [-0.1, -0.05) is 36.4 Å². The fourth-order valence-electron chi connectivity index (χ4n) is 2.99. The molecule has 4 aromatic rings. The molecule has 0 radical (unpaired) electrons. The number of aliphatic hydroxyl groups is 1. The van der Waals surface area contributed by atoms with Crippen molar-refractivity contribution in [2.75, 3.05) is 5.32 Å². The van der Waals surface area contributed by atoms with Gasteiger partial charge in [0.15, 0.2) is 5.65 Å². The summed E-state index contributed by atoms with van der Waals surface area (Å²) in [4.78, 5) is 20.2. The minimum atomic E-state index is -0.112. The molecule has 27 heavy (non-hydrogen) atoms.